The Morgan fingerprint density at radius 1 is 1.26 bits per heavy atom. The van der Waals surface area contributed by atoms with Gasteiger partial charge in [0.1, 0.15) is 11.9 Å². The molecule has 0 unspecified atom stereocenters. The van der Waals surface area contributed by atoms with E-state index in [4.69, 9.17) is 4.74 Å². The molecule has 5 nitrogen and oxygen atoms in total. The molecule has 0 N–H and O–H groups in total. The van der Waals surface area contributed by atoms with E-state index < -0.39 is 16.8 Å². The molecule has 1 aromatic carbocycles. The summed E-state index contributed by atoms with van der Waals surface area (Å²) >= 11 is -1.20. The van der Waals surface area contributed by atoms with Crippen molar-refractivity contribution in [3.8, 4) is 0 Å². The minimum Gasteiger partial charge on any atom is -0.612 e. The largest absolute Gasteiger partial charge is 0.612 e. The smallest absolute Gasteiger partial charge is 0.410 e. The van der Waals surface area contributed by atoms with E-state index in [9.17, 15) is 13.7 Å². The zero-order chi connectivity index (χ0) is 17.2. The second-order valence-corrected chi connectivity index (χ2v) is 7.90. The molecule has 1 aliphatic rings. The Bertz CT molecular complexity index is 567. The lowest BCUT2D eigenvalue weighted by Gasteiger charge is -2.36. The van der Waals surface area contributed by atoms with Gasteiger partial charge in [-0.05, 0) is 44.1 Å². The number of benzene rings is 1. The van der Waals surface area contributed by atoms with Gasteiger partial charge in [0.25, 0.3) is 0 Å². The first-order valence-electron chi connectivity index (χ1n) is 7.53. The average Bonchev–Trinajstić information content (AvgIpc) is 2.45. The number of carbonyl (C=O) groups excluding carboxylic acids is 1. The minimum absolute atomic E-state index is 0.339. The zero-order valence-corrected chi connectivity index (χ0v) is 14.8. The predicted octanol–water partition coefficient (Wildman–Crippen LogP) is 2.62. The SMILES string of the molecule is C[S@@+]([O-])c1ccc(N2CCN(C(=O)OC(C)(C)C)CC2)c(F)c1. The van der Waals surface area contributed by atoms with E-state index >= 15 is 0 Å². The third-order valence-corrected chi connectivity index (χ3v) is 4.44. The van der Waals surface area contributed by atoms with Gasteiger partial charge in [-0.25, -0.2) is 9.18 Å². The molecule has 2 rings (SSSR count). The molecular formula is C16H23FN2O3S. The van der Waals surface area contributed by atoms with Crippen LogP contribution in [0.4, 0.5) is 14.9 Å². The van der Waals surface area contributed by atoms with Crippen molar-refractivity contribution < 1.29 is 18.5 Å². The molecule has 0 saturated carbocycles. The van der Waals surface area contributed by atoms with Crippen LogP contribution in [0.3, 0.4) is 0 Å². The molecular weight excluding hydrogens is 319 g/mol. The zero-order valence-electron chi connectivity index (χ0n) is 14.0. The summed E-state index contributed by atoms with van der Waals surface area (Å²) in [4.78, 5) is 16.0. The van der Waals surface area contributed by atoms with Crippen LogP contribution in [-0.2, 0) is 15.9 Å². The molecule has 1 aromatic rings. The molecule has 0 radical (unpaired) electrons. The first-order valence-corrected chi connectivity index (χ1v) is 9.09. The summed E-state index contributed by atoms with van der Waals surface area (Å²) in [6, 6.07) is 4.63. The predicted molar refractivity (Wildman–Crippen MR) is 88.8 cm³/mol. The van der Waals surface area contributed by atoms with Crippen LogP contribution in [0.25, 0.3) is 0 Å². The van der Waals surface area contributed by atoms with Gasteiger partial charge < -0.3 is 19.1 Å². The molecule has 7 heteroatoms. The molecule has 0 aromatic heterocycles. The highest BCUT2D eigenvalue weighted by atomic mass is 32.2. The highest BCUT2D eigenvalue weighted by Gasteiger charge is 2.27. The van der Waals surface area contributed by atoms with Gasteiger partial charge in [-0.2, -0.15) is 0 Å². The first-order chi connectivity index (χ1) is 10.7. The van der Waals surface area contributed by atoms with E-state index in [1.54, 1.807) is 17.0 Å². The van der Waals surface area contributed by atoms with Crippen molar-refractivity contribution in [2.75, 3.05) is 37.3 Å². The highest BCUT2D eigenvalue weighted by molar-refractivity contribution is 7.90. The summed E-state index contributed by atoms with van der Waals surface area (Å²) in [7, 11) is 0. The molecule has 0 spiro atoms. The summed E-state index contributed by atoms with van der Waals surface area (Å²) in [5.74, 6) is -0.386. The van der Waals surface area contributed by atoms with Gasteiger partial charge in [-0.1, -0.05) is 0 Å². The fraction of sp³-hybridized carbons (Fsp3) is 0.562. The van der Waals surface area contributed by atoms with E-state index in [0.29, 0.717) is 36.8 Å². The Hall–Kier alpha value is -1.47. The fourth-order valence-corrected chi connectivity index (χ4v) is 2.91. The average molecular weight is 342 g/mol. The number of carbonyl (C=O) groups is 1. The van der Waals surface area contributed by atoms with Crippen LogP contribution in [0.5, 0.6) is 0 Å². The van der Waals surface area contributed by atoms with Gasteiger partial charge in [-0.15, -0.1) is 0 Å². The van der Waals surface area contributed by atoms with Gasteiger partial charge in [0, 0.05) is 32.2 Å². The molecule has 1 heterocycles. The standard InChI is InChI=1S/C16H23FN2O3S/c1-16(2,3)22-15(20)19-9-7-18(8-10-19)14-6-5-12(23(4)21)11-13(14)17/h5-6,11H,7-10H2,1-4H3/t23-/m1/s1. The van der Waals surface area contributed by atoms with Crippen molar-refractivity contribution >= 4 is 23.0 Å². The van der Waals surface area contributed by atoms with Crippen molar-refractivity contribution in [1.82, 2.24) is 4.90 Å². The summed E-state index contributed by atoms with van der Waals surface area (Å²) in [6.07, 6.45) is 1.18. The molecule has 1 amide bonds. The van der Waals surface area contributed by atoms with Gasteiger partial charge in [0.15, 0.2) is 10.7 Å². The second-order valence-electron chi connectivity index (χ2n) is 6.52. The van der Waals surface area contributed by atoms with E-state index in [1.165, 1.54) is 12.3 Å². The van der Waals surface area contributed by atoms with E-state index in [-0.39, 0.29) is 11.9 Å². The van der Waals surface area contributed by atoms with Crippen molar-refractivity contribution in [3.05, 3.63) is 24.0 Å². The third kappa shape index (κ3) is 4.75. The number of hydrogen-bond donors (Lipinski definition) is 0. The molecule has 1 saturated heterocycles. The molecule has 0 aliphatic carbocycles. The maximum Gasteiger partial charge on any atom is 0.410 e. The van der Waals surface area contributed by atoms with Crippen LogP contribution in [0.15, 0.2) is 23.1 Å². The van der Waals surface area contributed by atoms with Crippen LogP contribution in [0, 0.1) is 5.82 Å². The number of anilines is 1. The van der Waals surface area contributed by atoms with Crippen LogP contribution in [-0.4, -0.2) is 53.6 Å². The minimum atomic E-state index is -1.20. The quantitative estimate of drug-likeness (QED) is 0.775. The number of halogens is 1. The summed E-state index contributed by atoms with van der Waals surface area (Å²) in [6.45, 7) is 7.52. The van der Waals surface area contributed by atoms with Crippen LogP contribution >= 0.6 is 0 Å². The highest BCUT2D eigenvalue weighted by Crippen LogP contribution is 2.24. The Kier molecular flexibility index (Phi) is 5.41. The number of piperazine rings is 1. The fourth-order valence-electron chi connectivity index (χ4n) is 2.38. The van der Waals surface area contributed by atoms with E-state index in [2.05, 4.69) is 0 Å². The third-order valence-electron chi connectivity index (χ3n) is 3.52. The number of amides is 1. The topological polar surface area (TPSA) is 55.8 Å². The maximum atomic E-state index is 14.2. The normalized spacial score (nSPS) is 17.1. The van der Waals surface area contributed by atoms with E-state index in [0.717, 1.165) is 0 Å². The maximum absolute atomic E-state index is 14.2. The lowest BCUT2D eigenvalue weighted by molar-refractivity contribution is 0.0240. The lowest BCUT2D eigenvalue weighted by Crippen LogP contribution is -2.50. The molecule has 1 fully saturated rings. The summed E-state index contributed by atoms with van der Waals surface area (Å²) < 4.78 is 30.9. The van der Waals surface area contributed by atoms with Crippen LogP contribution in [0.2, 0.25) is 0 Å². The monoisotopic (exact) mass is 342 g/mol. The lowest BCUT2D eigenvalue weighted by atomic mass is 10.2. The van der Waals surface area contributed by atoms with Gasteiger partial charge in [-0.3, -0.25) is 0 Å². The van der Waals surface area contributed by atoms with Crippen molar-refractivity contribution in [1.29, 1.82) is 0 Å². The number of ether oxygens (including phenoxy) is 1. The van der Waals surface area contributed by atoms with Crippen molar-refractivity contribution in [3.63, 3.8) is 0 Å². The Morgan fingerprint density at radius 2 is 1.87 bits per heavy atom. The summed E-state index contributed by atoms with van der Waals surface area (Å²) in [5.41, 5.74) is -0.0468. The van der Waals surface area contributed by atoms with Crippen LogP contribution in [0.1, 0.15) is 20.8 Å². The molecule has 1 aliphatic heterocycles. The molecule has 0 bridgehead atoms. The van der Waals surface area contributed by atoms with Crippen molar-refractivity contribution in [2.45, 2.75) is 31.3 Å². The first kappa shape index (κ1) is 17.9. The Balaban J connectivity index is 1.98. The number of rotatable bonds is 2. The molecule has 23 heavy (non-hydrogen) atoms. The van der Waals surface area contributed by atoms with Gasteiger partial charge in [0.2, 0.25) is 0 Å². The summed E-state index contributed by atoms with van der Waals surface area (Å²) in [5, 5.41) is 0. The van der Waals surface area contributed by atoms with Crippen molar-refractivity contribution in [2.24, 2.45) is 0 Å². The van der Waals surface area contributed by atoms with Gasteiger partial charge >= 0.3 is 6.09 Å². The van der Waals surface area contributed by atoms with E-state index in [1.807, 2.05) is 25.7 Å². The molecule has 1 atom stereocenters. The Labute approximate surface area is 139 Å². The second kappa shape index (κ2) is 6.97. The number of nitrogens with zero attached hydrogens (tertiary/aromatic N) is 2. The Morgan fingerprint density at radius 3 is 2.35 bits per heavy atom. The van der Waals surface area contributed by atoms with Crippen LogP contribution < -0.4 is 4.90 Å². The number of hydrogen-bond acceptors (Lipinski definition) is 4. The molecule has 128 valence electrons. The van der Waals surface area contributed by atoms with Gasteiger partial charge in [0.05, 0.1) is 5.69 Å².